The normalized spacial score (nSPS) is 16.3. The lowest BCUT2D eigenvalue weighted by Crippen LogP contribution is -2.32. The fourth-order valence-electron chi connectivity index (χ4n) is 4.05. The van der Waals surface area contributed by atoms with E-state index in [1.54, 1.807) is 37.4 Å². The van der Waals surface area contributed by atoms with Crippen LogP contribution in [0.4, 0.5) is 0 Å². The number of fused-ring (bicyclic) bond motifs is 1. The van der Waals surface area contributed by atoms with Crippen molar-refractivity contribution in [3.8, 4) is 5.75 Å². The molecule has 1 unspecified atom stereocenters. The van der Waals surface area contributed by atoms with Gasteiger partial charge >= 0.3 is 0 Å². The van der Waals surface area contributed by atoms with E-state index in [0.29, 0.717) is 36.5 Å². The molecule has 3 aromatic rings. The smallest absolute Gasteiger partial charge is 0.290 e. The van der Waals surface area contributed by atoms with Crippen LogP contribution in [-0.4, -0.2) is 48.1 Å². The van der Waals surface area contributed by atoms with Gasteiger partial charge in [-0.3, -0.25) is 9.59 Å². The zero-order valence-electron chi connectivity index (χ0n) is 18.9. The van der Waals surface area contributed by atoms with Gasteiger partial charge in [-0.2, -0.15) is 0 Å². The molecule has 2 aromatic carbocycles. The lowest BCUT2D eigenvalue weighted by atomic mass is 9.94. The van der Waals surface area contributed by atoms with Crippen LogP contribution in [0.5, 0.6) is 5.75 Å². The van der Waals surface area contributed by atoms with Crippen LogP contribution in [0, 0.1) is 0 Å². The van der Waals surface area contributed by atoms with E-state index >= 15 is 0 Å². The molecule has 0 saturated carbocycles. The van der Waals surface area contributed by atoms with Crippen molar-refractivity contribution in [3.05, 3.63) is 77.3 Å². The Morgan fingerprint density at radius 2 is 1.94 bits per heavy atom. The second-order valence-corrected chi connectivity index (χ2v) is 8.19. The summed E-state index contributed by atoms with van der Waals surface area (Å²) in [5, 5.41) is 11.6. The molecule has 1 N–H and O–H groups in total. The molecule has 33 heavy (non-hydrogen) atoms. The molecule has 7 nitrogen and oxygen atoms in total. The van der Waals surface area contributed by atoms with Crippen LogP contribution < -0.4 is 4.74 Å². The summed E-state index contributed by atoms with van der Waals surface area (Å²) in [4.78, 5) is 28.1. The van der Waals surface area contributed by atoms with Crippen LogP contribution in [0.25, 0.3) is 11.0 Å². The fraction of sp³-hybridized carbons (Fsp3) is 0.308. The number of carbonyl (C=O) groups excluding carboxylic acids is 2. The minimum atomic E-state index is -0.771. The molecule has 4 rings (SSSR count). The van der Waals surface area contributed by atoms with Gasteiger partial charge in [0.2, 0.25) is 5.78 Å². The average molecular weight is 450 g/mol. The third kappa shape index (κ3) is 4.50. The Kier molecular flexibility index (Phi) is 6.51. The third-order valence-corrected chi connectivity index (χ3v) is 5.60. The molecule has 172 valence electrons. The van der Waals surface area contributed by atoms with Gasteiger partial charge in [0.1, 0.15) is 11.3 Å². The quantitative estimate of drug-likeness (QED) is 0.372. The molecule has 0 spiro atoms. The lowest BCUT2D eigenvalue weighted by molar-refractivity contribution is -0.129. The summed E-state index contributed by atoms with van der Waals surface area (Å²) in [6, 6.07) is 15.3. The Morgan fingerprint density at radius 3 is 2.67 bits per heavy atom. The van der Waals surface area contributed by atoms with Crippen LogP contribution in [0.1, 0.15) is 42.4 Å². The predicted octanol–water partition coefficient (Wildman–Crippen LogP) is 4.83. The molecule has 0 aliphatic carbocycles. The van der Waals surface area contributed by atoms with Gasteiger partial charge in [-0.25, -0.2) is 0 Å². The number of benzene rings is 2. The largest absolute Gasteiger partial charge is 0.503 e. The Bertz CT molecular complexity index is 1180. The zero-order chi connectivity index (χ0) is 23.5. The number of ketones is 1. The monoisotopic (exact) mass is 449 g/mol. The first-order chi connectivity index (χ1) is 15.9. The number of furan rings is 1. The summed E-state index contributed by atoms with van der Waals surface area (Å²) < 4.78 is 16.7. The standard InChI is InChI=1S/C26H27NO6/c1-16(2)32-13-7-12-27-23(18-9-6-10-19(14-18)31-3)22(25(29)26(27)30)24(28)21-15-17-8-4-5-11-20(17)33-21/h4-6,8-11,14-16,23,29H,7,12-13H2,1-3H3. The van der Waals surface area contributed by atoms with E-state index in [0.717, 1.165) is 5.39 Å². The van der Waals surface area contributed by atoms with Crippen LogP contribution in [0.3, 0.4) is 0 Å². The summed E-state index contributed by atoms with van der Waals surface area (Å²) in [5.74, 6) is -1.01. The van der Waals surface area contributed by atoms with E-state index in [4.69, 9.17) is 13.9 Å². The van der Waals surface area contributed by atoms with E-state index in [1.165, 1.54) is 4.90 Å². The van der Waals surface area contributed by atoms with Crippen molar-refractivity contribution in [2.24, 2.45) is 0 Å². The average Bonchev–Trinajstić information content (AvgIpc) is 3.36. The number of nitrogens with zero attached hydrogens (tertiary/aromatic N) is 1. The Hall–Kier alpha value is -3.58. The minimum absolute atomic E-state index is 0.00270. The first-order valence-electron chi connectivity index (χ1n) is 10.9. The summed E-state index contributed by atoms with van der Waals surface area (Å²) in [5.41, 5.74) is 1.22. The number of aliphatic hydroxyl groups is 1. The number of aliphatic hydroxyl groups excluding tert-OH is 1. The van der Waals surface area contributed by atoms with E-state index in [2.05, 4.69) is 0 Å². The number of hydrogen-bond donors (Lipinski definition) is 1. The number of amides is 1. The number of rotatable bonds is 9. The zero-order valence-corrected chi connectivity index (χ0v) is 18.9. The van der Waals surface area contributed by atoms with Gasteiger partial charge in [-0.1, -0.05) is 30.3 Å². The summed E-state index contributed by atoms with van der Waals surface area (Å²) >= 11 is 0. The van der Waals surface area contributed by atoms with Crippen molar-refractivity contribution in [1.29, 1.82) is 0 Å². The Labute approximate surface area is 192 Å². The highest BCUT2D eigenvalue weighted by Gasteiger charge is 2.44. The van der Waals surface area contributed by atoms with Gasteiger partial charge in [0.05, 0.1) is 24.8 Å². The predicted molar refractivity (Wildman–Crippen MR) is 123 cm³/mol. The van der Waals surface area contributed by atoms with Crippen LogP contribution in [0.2, 0.25) is 0 Å². The van der Waals surface area contributed by atoms with E-state index in [9.17, 15) is 14.7 Å². The molecular weight excluding hydrogens is 422 g/mol. The van der Waals surface area contributed by atoms with Crippen molar-refractivity contribution < 1.29 is 28.6 Å². The molecule has 1 amide bonds. The van der Waals surface area contributed by atoms with Crippen molar-refractivity contribution in [3.63, 3.8) is 0 Å². The second kappa shape index (κ2) is 9.50. The molecule has 1 aromatic heterocycles. The third-order valence-electron chi connectivity index (χ3n) is 5.60. The van der Waals surface area contributed by atoms with Crippen LogP contribution >= 0.6 is 0 Å². The molecule has 1 aliphatic rings. The summed E-state index contributed by atoms with van der Waals surface area (Å²) in [7, 11) is 1.55. The maximum atomic E-state index is 13.5. The number of para-hydroxylation sites is 1. The highest BCUT2D eigenvalue weighted by atomic mass is 16.5. The first-order valence-corrected chi connectivity index (χ1v) is 10.9. The molecule has 0 radical (unpaired) electrons. The van der Waals surface area contributed by atoms with E-state index in [-0.39, 0.29) is 17.4 Å². The van der Waals surface area contributed by atoms with Crippen LogP contribution in [-0.2, 0) is 9.53 Å². The van der Waals surface area contributed by atoms with Gasteiger partial charge in [0.15, 0.2) is 11.5 Å². The molecule has 0 saturated heterocycles. The maximum absolute atomic E-state index is 13.5. The number of Topliss-reactive ketones (excluding diaryl/α,β-unsaturated/α-hetero) is 1. The van der Waals surface area contributed by atoms with Crippen molar-refractivity contribution in [2.75, 3.05) is 20.3 Å². The van der Waals surface area contributed by atoms with Gasteiger partial charge in [0, 0.05) is 18.5 Å². The molecule has 0 bridgehead atoms. The molecular formula is C26H27NO6. The first kappa shape index (κ1) is 22.6. The summed E-state index contributed by atoms with van der Waals surface area (Å²) in [6.07, 6.45) is 0.634. The van der Waals surface area contributed by atoms with Gasteiger partial charge in [0.25, 0.3) is 5.91 Å². The molecule has 1 atom stereocenters. The van der Waals surface area contributed by atoms with Gasteiger partial charge in [-0.15, -0.1) is 0 Å². The minimum Gasteiger partial charge on any atom is -0.503 e. The lowest BCUT2D eigenvalue weighted by Gasteiger charge is -2.27. The number of carbonyl (C=O) groups is 2. The summed E-state index contributed by atoms with van der Waals surface area (Å²) in [6.45, 7) is 4.66. The number of methoxy groups -OCH3 is 1. The number of hydrogen-bond acceptors (Lipinski definition) is 6. The van der Waals surface area contributed by atoms with Gasteiger partial charge in [-0.05, 0) is 50.1 Å². The SMILES string of the molecule is COc1cccc(C2C(C(=O)c3cc4ccccc4o3)=C(O)C(=O)N2CCCOC(C)C)c1. The Morgan fingerprint density at radius 1 is 1.15 bits per heavy atom. The molecule has 7 heteroatoms. The van der Waals surface area contributed by atoms with Crippen molar-refractivity contribution >= 4 is 22.7 Å². The van der Waals surface area contributed by atoms with E-state index in [1.807, 2.05) is 38.1 Å². The molecule has 0 fully saturated rings. The van der Waals surface area contributed by atoms with Crippen molar-refractivity contribution in [2.45, 2.75) is 32.4 Å². The highest BCUT2D eigenvalue weighted by molar-refractivity contribution is 6.16. The van der Waals surface area contributed by atoms with Gasteiger partial charge < -0.3 is 23.9 Å². The molecule has 1 aliphatic heterocycles. The maximum Gasteiger partial charge on any atom is 0.290 e. The van der Waals surface area contributed by atoms with Crippen molar-refractivity contribution in [1.82, 2.24) is 4.90 Å². The van der Waals surface area contributed by atoms with Crippen LogP contribution in [0.15, 0.2) is 70.3 Å². The Balaban J connectivity index is 1.72. The highest BCUT2D eigenvalue weighted by Crippen LogP contribution is 2.40. The fourth-order valence-corrected chi connectivity index (χ4v) is 4.05. The number of ether oxygens (including phenoxy) is 2. The molecule has 2 heterocycles. The van der Waals surface area contributed by atoms with E-state index < -0.39 is 23.5 Å². The topological polar surface area (TPSA) is 89.2 Å². The second-order valence-electron chi connectivity index (χ2n) is 8.19.